The average Bonchev–Trinajstić information content (AvgIpc) is 2.85. The molecule has 0 bridgehead atoms. The van der Waals surface area contributed by atoms with Crippen molar-refractivity contribution in [3.8, 4) is 0 Å². The third kappa shape index (κ3) is 3.91. The van der Waals surface area contributed by atoms with Crippen LogP contribution in [0, 0.1) is 0 Å². The molecular weight excluding hydrogens is 222 g/mol. The number of hydrogen-bond donors (Lipinski definition) is 1. The molecule has 0 amide bonds. The third-order valence-electron chi connectivity index (χ3n) is 3.00. The van der Waals surface area contributed by atoms with Crippen LogP contribution in [0.3, 0.4) is 0 Å². The Labute approximate surface area is 110 Å². The van der Waals surface area contributed by atoms with Crippen molar-refractivity contribution in [3.63, 3.8) is 0 Å². The molecule has 0 radical (unpaired) electrons. The van der Waals surface area contributed by atoms with Crippen molar-refractivity contribution >= 4 is 6.21 Å². The van der Waals surface area contributed by atoms with Crippen LogP contribution in [0.1, 0.15) is 19.8 Å². The molecule has 18 heavy (non-hydrogen) atoms. The maximum atomic E-state index is 4.22. The summed E-state index contributed by atoms with van der Waals surface area (Å²) in [6.45, 7) is 10.5. The molecule has 3 nitrogen and oxygen atoms in total. The van der Waals surface area contributed by atoms with E-state index in [4.69, 9.17) is 0 Å². The van der Waals surface area contributed by atoms with E-state index in [1.54, 1.807) is 12.3 Å². The Hall–Kier alpha value is -1.77. The van der Waals surface area contributed by atoms with Gasteiger partial charge >= 0.3 is 0 Å². The van der Waals surface area contributed by atoms with E-state index in [-0.39, 0.29) is 0 Å². The largest absolute Gasteiger partial charge is 0.375 e. The Morgan fingerprint density at radius 1 is 1.39 bits per heavy atom. The Morgan fingerprint density at radius 3 is 2.78 bits per heavy atom. The Kier molecular flexibility index (Phi) is 5.98. The number of nitrogens with one attached hydrogen (secondary N) is 1. The molecule has 0 aromatic rings. The summed E-state index contributed by atoms with van der Waals surface area (Å²) in [5.41, 5.74) is 0.956. The van der Waals surface area contributed by atoms with Crippen LogP contribution in [0.15, 0.2) is 54.0 Å². The van der Waals surface area contributed by atoms with E-state index in [0.717, 1.165) is 18.1 Å². The van der Waals surface area contributed by atoms with Gasteiger partial charge in [-0.25, -0.2) is 0 Å². The van der Waals surface area contributed by atoms with E-state index in [2.05, 4.69) is 34.4 Å². The zero-order valence-electron chi connectivity index (χ0n) is 11.4. The molecule has 1 aliphatic rings. The molecule has 1 aliphatic heterocycles. The van der Waals surface area contributed by atoms with E-state index in [0.29, 0.717) is 6.04 Å². The van der Waals surface area contributed by atoms with E-state index < -0.39 is 0 Å². The van der Waals surface area contributed by atoms with Crippen molar-refractivity contribution in [2.24, 2.45) is 4.99 Å². The molecule has 1 heterocycles. The quantitative estimate of drug-likeness (QED) is 0.443. The van der Waals surface area contributed by atoms with Crippen molar-refractivity contribution in [2.75, 3.05) is 13.6 Å². The van der Waals surface area contributed by atoms with Crippen LogP contribution in [0.5, 0.6) is 0 Å². The lowest BCUT2D eigenvalue weighted by atomic mass is 10.2. The van der Waals surface area contributed by atoms with Gasteiger partial charge in [-0.05, 0) is 31.9 Å². The van der Waals surface area contributed by atoms with E-state index >= 15 is 0 Å². The first kappa shape index (κ1) is 14.3. The second-order valence-corrected chi connectivity index (χ2v) is 4.26. The highest BCUT2D eigenvalue weighted by molar-refractivity contribution is 5.71. The summed E-state index contributed by atoms with van der Waals surface area (Å²) in [6, 6.07) is 0.439. The first-order valence-electron chi connectivity index (χ1n) is 6.33. The summed E-state index contributed by atoms with van der Waals surface area (Å²) in [7, 11) is 1.94. The Balaban J connectivity index is 2.79. The second-order valence-electron chi connectivity index (χ2n) is 4.26. The number of rotatable bonds is 6. The van der Waals surface area contributed by atoms with Gasteiger partial charge in [-0.1, -0.05) is 18.7 Å². The predicted molar refractivity (Wildman–Crippen MR) is 79.5 cm³/mol. The molecule has 98 valence electrons. The number of allylic oxidation sites excluding steroid dienone is 4. The zero-order valence-corrected chi connectivity index (χ0v) is 11.4. The van der Waals surface area contributed by atoms with Gasteiger partial charge in [0.2, 0.25) is 0 Å². The topological polar surface area (TPSA) is 27.6 Å². The molecule has 1 N–H and O–H groups in total. The van der Waals surface area contributed by atoms with Crippen molar-refractivity contribution in [1.29, 1.82) is 0 Å². The van der Waals surface area contributed by atoms with E-state index in [9.17, 15) is 0 Å². The highest BCUT2D eigenvalue weighted by atomic mass is 15.3. The highest BCUT2D eigenvalue weighted by Gasteiger charge is 2.22. The number of nitrogens with zero attached hydrogens (tertiary/aromatic N) is 2. The Morgan fingerprint density at radius 2 is 2.17 bits per heavy atom. The zero-order chi connectivity index (χ0) is 13.4. The summed E-state index contributed by atoms with van der Waals surface area (Å²) in [6.07, 6.45) is 11.9. The minimum absolute atomic E-state index is 0.439. The van der Waals surface area contributed by atoms with Gasteiger partial charge in [-0.3, -0.25) is 4.99 Å². The van der Waals surface area contributed by atoms with Crippen LogP contribution >= 0.6 is 0 Å². The van der Waals surface area contributed by atoms with Gasteiger partial charge in [0, 0.05) is 31.5 Å². The Bertz CT molecular complexity index is 377. The normalized spacial score (nSPS) is 21.4. The van der Waals surface area contributed by atoms with Crippen LogP contribution < -0.4 is 5.32 Å². The summed E-state index contributed by atoms with van der Waals surface area (Å²) in [5, 5.41) is 3.24. The molecule has 0 unspecified atom stereocenters. The second kappa shape index (κ2) is 7.54. The molecule has 1 fully saturated rings. The van der Waals surface area contributed by atoms with Gasteiger partial charge in [-0.2, -0.15) is 0 Å². The first-order valence-corrected chi connectivity index (χ1v) is 6.33. The number of aliphatic imine (C=N–C) groups is 1. The molecule has 0 aliphatic carbocycles. The minimum atomic E-state index is 0.439. The van der Waals surface area contributed by atoms with Crippen LogP contribution in [0.2, 0.25) is 0 Å². The van der Waals surface area contributed by atoms with Crippen LogP contribution in [0.4, 0.5) is 0 Å². The maximum Gasteiger partial charge on any atom is 0.102 e. The monoisotopic (exact) mass is 245 g/mol. The summed E-state index contributed by atoms with van der Waals surface area (Å²) in [4.78, 5) is 6.56. The molecular formula is C15H23N3. The standard InChI is InChI=1S/C15H23N3/c1-5-11-17-13(3)9-10-15(16-4)18-12-7-8-14(18)6-2/h5-6,9-11,14,16H,1-2,7-8,12H2,3-4H3/b13-9+,15-10+,17-11-/t14-/m0/s1. The van der Waals surface area contributed by atoms with Crippen molar-refractivity contribution in [3.05, 3.63) is 49.0 Å². The van der Waals surface area contributed by atoms with Crippen molar-refractivity contribution in [1.82, 2.24) is 10.2 Å². The average molecular weight is 245 g/mol. The molecule has 0 saturated carbocycles. The lowest BCUT2D eigenvalue weighted by Crippen LogP contribution is -2.32. The van der Waals surface area contributed by atoms with Crippen molar-refractivity contribution < 1.29 is 0 Å². The third-order valence-corrected chi connectivity index (χ3v) is 3.00. The lowest BCUT2D eigenvalue weighted by molar-refractivity contribution is 0.345. The highest BCUT2D eigenvalue weighted by Crippen LogP contribution is 2.21. The summed E-state index contributed by atoms with van der Waals surface area (Å²) < 4.78 is 0. The van der Waals surface area contributed by atoms with Gasteiger partial charge in [0.1, 0.15) is 5.82 Å². The van der Waals surface area contributed by atoms with Gasteiger partial charge in [0.15, 0.2) is 0 Å². The number of likely N-dealkylation sites (tertiary alicyclic amines) is 1. The van der Waals surface area contributed by atoms with Gasteiger partial charge in [0.25, 0.3) is 0 Å². The molecule has 0 spiro atoms. The fourth-order valence-electron chi connectivity index (χ4n) is 2.07. The summed E-state index contributed by atoms with van der Waals surface area (Å²) in [5.74, 6) is 1.12. The maximum absolute atomic E-state index is 4.22. The molecule has 1 atom stereocenters. The minimum Gasteiger partial charge on any atom is -0.375 e. The molecule has 1 saturated heterocycles. The lowest BCUT2D eigenvalue weighted by Gasteiger charge is -2.26. The summed E-state index contributed by atoms with van der Waals surface area (Å²) >= 11 is 0. The SMILES string of the molecule is C=C\C=N/C(C)=C/C=C(\NC)N1CCC[C@@H]1C=C. The molecule has 1 rings (SSSR count). The van der Waals surface area contributed by atoms with Gasteiger partial charge in [-0.15, -0.1) is 6.58 Å². The fourth-order valence-corrected chi connectivity index (χ4v) is 2.07. The molecule has 3 heteroatoms. The first-order chi connectivity index (χ1) is 8.72. The smallest absolute Gasteiger partial charge is 0.102 e. The predicted octanol–water partition coefficient (Wildman–Crippen LogP) is 2.86. The van der Waals surface area contributed by atoms with Crippen molar-refractivity contribution in [2.45, 2.75) is 25.8 Å². The molecule has 0 aromatic carbocycles. The van der Waals surface area contributed by atoms with E-state index in [1.807, 2.05) is 26.1 Å². The van der Waals surface area contributed by atoms with Crippen LogP contribution in [0.25, 0.3) is 0 Å². The van der Waals surface area contributed by atoms with E-state index in [1.165, 1.54) is 12.8 Å². The molecule has 0 aromatic heterocycles. The fraction of sp³-hybridized carbons (Fsp3) is 0.400. The van der Waals surface area contributed by atoms with Crippen LogP contribution in [-0.2, 0) is 0 Å². The number of hydrogen-bond acceptors (Lipinski definition) is 3. The van der Waals surface area contributed by atoms with Gasteiger partial charge < -0.3 is 10.2 Å². The van der Waals surface area contributed by atoms with Gasteiger partial charge in [0.05, 0.1) is 0 Å². The van der Waals surface area contributed by atoms with Crippen LogP contribution in [-0.4, -0.2) is 30.7 Å².